The molecule has 1 aromatic rings. The lowest BCUT2D eigenvalue weighted by molar-refractivity contribution is 0.509. The molecule has 0 aliphatic heterocycles. The van der Waals surface area contributed by atoms with Crippen LogP contribution in [0.2, 0.25) is 0 Å². The van der Waals surface area contributed by atoms with E-state index in [1.807, 2.05) is 34.6 Å². The highest BCUT2D eigenvalue weighted by atomic mass is 32.2. The summed E-state index contributed by atoms with van der Waals surface area (Å²) in [5, 5.41) is 0. The van der Waals surface area contributed by atoms with Gasteiger partial charge in [-0.2, -0.15) is 0 Å². The smallest absolute Gasteiger partial charge is 0.136 e. The molecule has 1 rings (SSSR count). The molecule has 20 heavy (non-hydrogen) atoms. The topological polar surface area (TPSA) is 52.9 Å². The van der Waals surface area contributed by atoms with Crippen LogP contribution in [0.5, 0.6) is 0 Å². The minimum absolute atomic E-state index is 0.00550. The molecule has 0 saturated heterocycles. The van der Waals surface area contributed by atoms with Crippen molar-refractivity contribution in [2.75, 3.05) is 0 Å². The van der Waals surface area contributed by atoms with Crippen LogP contribution in [0.1, 0.15) is 65.5 Å². The maximum absolute atomic E-state index is 12.1. The first-order valence-corrected chi connectivity index (χ1v) is 8.48. The number of hydrogen-bond acceptors (Lipinski definition) is 3. The maximum Gasteiger partial charge on any atom is 0.136 e. The van der Waals surface area contributed by atoms with E-state index in [0.717, 1.165) is 24.5 Å². The van der Waals surface area contributed by atoms with Crippen molar-refractivity contribution in [3.8, 4) is 0 Å². The van der Waals surface area contributed by atoms with Crippen LogP contribution in [-0.2, 0) is 17.9 Å². The lowest BCUT2D eigenvalue weighted by atomic mass is 10.1. The normalized spacial score (nSPS) is 15.7. The van der Waals surface area contributed by atoms with Gasteiger partial charge >= 0.3 is 0 Å². The molecule has 0 radical (unpaired) electrons. The monoisotopic (exact) mass is 299 g/mol. The van der Waals surface area contributed by atoms with Crippen molar-refractivity contribution in [1.29, 1.82) is 0 Å². The molecule has 0 spiro atoms. The van der Waals surface area contributed by atoms with Crippen LogP contribution >= 0.6 is 0 Å². The zero-order chi connectivity index (χ0) is 15.5. The Morgan fingerprint density at radius 3 is 2.45 bits per heavy atom. The average molecular weight is 299 g/mol. The molecule has 1 aromatic heterocycles. The van der Waals surface area contributed by atoms with E-state index >= 15 is 0 Å². The van der Waals surface area contributed by atoms with Crippen LogP contribution in [0.15, 0.2) is 6.20 Å². The lowest BCUT2D eigenvalue weighted by Gasteiger charge is -2.25. The summed E-state index contributed by atoms with van der Waals surface area (Å²) < 4.78 is 17.2. The standard InChI is InChI=1S/C15H29N3OS/c1-11(2)8-9-18-10-14(16-13(18)4)12(3)17-20(19)15(5,6)7/h10-12,17H,8-9H2,1-7H3/t12-,20?/m0/s1. The number of aryl methyl sites for hydroxylation is 2. The van der Waals surface area contributed by atoms with E-state index in [1.165, 1.54) is 0 Å². The second-order valence-corrected chi connectivity index (χ2v) is 8.81. The van der Waals surface area contributed by atoms with E-state index in [4.69, 9.17) is 0 Å². The van der Waals surface area contributed by atoms with E-state index in [9.17, 15) is 4.55 Å². The van der Waals surface area contributed by atoms with Crippen LogP contribution in [0.25, 0.3) is 0 Å². The molecular formula is C15H29N3OS. The van der Waals surface area contributed by atoms with Gasteiger partial charge in [0.2, 0.25) is 0 Å². The van der Waals surface area contributed by atoms with E-state index in [2.05, 4.69) is 34.3 Å². The molecule has 5 heteroatoms. The van der Waals surface area contributed by atoms with Crippen LogP contribution in [-0.4, -0.2) is 18.9 Å². The van der Waals surface area contributed by atoms with Gasteiger partial charge in [0.15, 0.2) is 0 Å². The SMILES string of the molecule is Cc1nc([C@H](C)N[S+]([O-])C(C)(C)C)cn1CCC(C)C. The predicted molar refractivity (Wildman–Crippen MR) is 85.9 cm³/mol. The lowest BCUT2D eigenvalue weighted by Crippen LogP contribution is -2.40. The summed E-state index contributed by atoms with van der Waals surface area (Å²) in [4.78, 5) is 4.59. The molecule has 0 aromatic carbocycles. The first-order valence-electron chi connectivity index (χ1n) is 7.33. The summed E-state index contributed by atoms with van der Waals surface area (Å²) in [6.07, 6.45) is 3.22. The summed E-state index contributed by atoms with van der Waals surface area (Å²) in [5.74, 6) is 1.71. The summed E-state index contributed by atoms with van der Waals surface area (Å²) in [7, 11) is 0. The molecule has 2 atom stereocenters. The van der Waals surface area contributed by atoms with Gasteiger partial charge in [-0.25, -0.2) is 4.98 Å². The van der Waals surface area contributed by atoms with Gasteiger partial charge in [0, 0.05) is 24.1 Å². The third-order valence-corrected chi connectivity index (χ3v) is 4.91. The van der Waals surface area contributed by atoms with E-state index in [-0.39, 0.29) is 10.8 Å². The van der Waals surface area contributed by atoms with Gasteiger partial charge in [-0.15, -0.1) is 4.72 Å². The summed E-state index contributed by atoms with van der Waals surface area (Å²) in [5.41, 5.74) is 0.962. The first-order chi connectivity index (χ1) is 9.11. The van der Waals surface area contributed by atoms with Crippen molar-refractivity contribution in [2.24, 2.45) is 5.92 Å². The molecular weight excluding hydrogens is 270 g/mol. The van der Waals surface area contributed by atoms with E-state index in [1.54, 1.807) is 0 Å². The van der Waals surface area contributed by atoms with Gasteiger partial charge in [0.05, 0.1) is 11.7 Å². The van der Waals surface area contributed by atoms with Gasteiger partial charge in [0.25, 0.3) is 0 Å². The first kappa shape index (κ1) is 17.5. The maximum atomic E-state index is 12.1. The fraction of sp³-hybridized carbons (Fsp3) is 0.800. The zero-order valence-electron chi connectivity index (χ0n) is 13.9. The third-order valence-electron chi connectivity index (χ3n) is 3.23. The molecule has 0 fully saturated rings. The quantitative estimate of drug-likeness (QED) is 0.820. The van der Waals surface area contributed by atoms with Crippen LogP contribution < -0.4 is 4.72 Å². The predicted octanol–water partition coefficient (Wildman–Crippen LogP) is 3.35. The van der Waals surface area contributed by atoms with E-state index < -0.39 is 11.4 Å². The molecule has 1 N–H and O–H groups in total. The Morgan fingerprint density at radius 1 is 1.35 bits per heavy atom. The Hall–Kier alpha value is -0.520. The van der Waals surface area contributed by atoms with Crippen molar-refractivity contribution in [3.05, 3.63) is 17.7 Å². The van der Waals surface area contributed by atoms with Crippen molar-refractivity contribution in [1.82, 2.24) is 14.3 Å². The molecule has 4 nitrogen and oxygen atoms in total. The van der Waals surface area contributed by atoms with Crippen LogP contribution in [0, 0.1) is 12.8 Å². The fourth-order valence-electron chi connectivity index (χ4n) is 1.76. The highest BCUT2D eigenvalue weighted by Crippen LogP contribution is 2.19. The number of aromatic nitrogens is 2. The minimum atomic E-state index is -1.08. The van der Waals surface area contributed by atoms with Gasteiger partial charge in [-0.1, -0.05) is 13.8 Å². The number of rotatable bonds is 6. The second kappa shape index (κ2) is 6.96. The third kappa shape index (κ3) is 5.11. The molecule has 0 amide bonds. The highest BCUT2D eigenvalue weighted by Gasteiger charge is 2.29. The molecule has 0 bridgehead atoms. The number of nitrogens with one attached hydrogen (secondary N) is 1. The highest BCUT2D eigenvalue weighted by molar-refractivity contribution is 7.90. The molecule has 0 saturated carbocycles. The number of nitrogens with zero attached hydrogens (tertiary/aromatic N) is 2. The van der Waals surface area contributed by atoms with Crippen molar-refractivity contribution >= 4 is 11.4 Å². The molecule has 0 aliphatic carbocycles. The summed E-state index contributed by atoms with van der Waals surface area (Å²) in [6.45, 7) is 15.4. The molecule has 1 unspecified atom stereocenters. The van der Waals surface area contributed by atoms with Gasteiger partial charge < -0.3 is 9.12 Å². The summed E-state index contributed by atoms with van der Waals surface area (Å²) in [6, 6.07) is -0.00550. The van der Waals surface area contributed by atoms with Gasteiger partial charge in [0.1, 0.15) is 10.6 Å². The Labute approximate surface area is 126 Å². The van der Waals surface area contributed by atoms with Crippen molar-refractivity contribution < 1.29 is 4.55 Å². The number of hydrogen-bond donors (Lipinski definition) is 1. The van der Waals surface area contributed by atoms with Crippen molar-refractivity contribution in [3.63, 3.8) is 0 Å². The molecule has 116 valence electrons. The largest absolute Gasteiger partial charge is 0.598 e. The minimum Gasteiger partial charge on any atom is -0.598 e. The van der Waals surface area contributed by atoms with Crippen LogP contribution in [0.4, 0.5) is 0 Å². The zero-order valence-corrected chi connectivity index (χ0v) is 14.7. The second-order valence-electron chi connectivity index (χ2n) is 6.81. The Morgan fingerprint density at radius 2 is 1.95 bits per heavy atom. The summed E-state index contributed by atoms with van der Waals surface area (Å²) >= 11 is -1.08. The number of imidazole rings is 1. The average Bonchev–Trinajstić information content (AvgIpc) is 2.66. The van der Waals surface area contributed by atoms with Gasteiger partial charge in [-0.05, 0) is 47.0 Å². The molecule has 0 aliphatic rings. The fourth-order valence-corrected chi connectivity index (χ4v) is 2.56. The van der Waals surface area contributed by atoms with E-state index in [0.29, 0.717) is 5.92 Å². The molecule has 1 heterocycles. The Bertz CT molecular complexity index is 423. The Balaban J connectivity index is 2.70. The van der Waals surface area contributed by atoms with Gasteiger partial charge in [-0.3, -0.25) is 0 Å². The van der Waals surface area contributed by atoms with Crippen LogP contribution in [0.3, 0.4) is 0 Å². The van der Waals surface area contributed by atoms with Crippen molar-refractivity contribution in [2.45, 2.75) is 72.2 Å². The Kier molecular flexibility index (Phi) is 6.10.